The third-order valence-electron chi connectivity index (χ3n) is 2.56. The quantitative estimate of drug-likeness (QED) is 0.841. The van der Waals surface area contributed by atoms with Crippen LogP contribution in [-0.4, -0.2) is 12.3 Å². The van der Waals surface area contributed by atoms with E-state index in [0.717, 1.165) is 22.4 Å². The first kappa shape index (κ1) is 10.5. The van der Waals surface area contributed by atoms with Crippen molar-refractivity contribution in [1.82, 2.24) is 5.16 Å². The summed E-state index contributed by atoms with van der Waals surface area (Å²) < 4.78 is 10.5. The molecule has 0 aliphatic rings. The Bertz CT molecular complexity index is 518. The van der Waals surface area contributed by atoms with E-state index in [2.05, 4.69) is 5.16 Å². The summed E-state index contributed by atoms with van der Waals surface area (Å²) in [6.45, 7) is 3.89. The average Bonchev–Trinajstić information content (AvgIpc) is 2.60. The third-order valence-corrected chi connectivity index (χ3v) is 2.56. The molecule has 1 heterocycles. The number of aryl methyl sites for hydroxylation is 1. The Hall–Kier alpha value is -1.97. The number of aromatic nitrogens is 1. The topological polar surface area (TPSA) is 61.3 Å². The first-order valence-corrected chi connectivity index (χ1v) is 5.00. The van der Waals surface area contributed by atoms with E-state index in [-0.39, 0.29) is 0 Å². The summed E-state index contributed by atoms with van der Waals surface area (Å²) in [4.78, 5) is 0. The van der Waals surface area contributed by atoms with E-state index in [4.69, 9.17) is 15.0 Å². The Morgan fingerprint density at radius 3 is 2.62 bits per heavy atom. The molecule has 0 spiro atoms. The van der Waals surface area contributed by atoms with Gasteiger partial charge in [-0.25, -0.2) is 0 Å². The van der Waals surface area contributed by atoms with Crippen molar-refractivity contribution in [2.75, 3.05) is 12.8 Å². The van der Waals surface area contributed by atoms with Crippen molar-refractivity contribution in [1.29, 1.82) is 0 Å². The Labute approximate surface area is 94.0 Å². The zero-order chi connectivity index (χ0) is 11.7. The van der Waals surface area contributed by atoms with Crippen molar-refractivity contribution in [3.05, 3.63) is 29.3 Å². The largest absolute Gasteiger partial charge is 0.496 e. The van der Waals surface area contributed by atoms with Crippen molar-refractivity contribution in [3.8, 4) is 17.1 Å². The van der Waals surface area contributed by atoms with Gasteiger partial charge in [0.1, 0.15) is 5.75 Å². The standard InChI is InChI=1S/C12H14N2O2/c1-7-4-5-10(15-3)9(6-7)11-8(2)12(13)14-16-11/h4-6H,1-3H3,(H2,13,14). The Morgan fingerprint density at radius 1 is 1.31 bits per heavy atom. The van der Waals surface area contributed by atoms with Crippen LogP contribution in [-0.2, 0) is 0 Å². The zero-order valence-electron chi connectivity index (χ0n) is 9.57. The maximum atomic E-state index is 5.66. The lowest BCUT2D eigenvalue weighted by Gasteiger charge is -2.07. The summed E-state index contributed by atoms with van der Waals surface area (Å²) in [7, 11) is 1.63. The predicted octanol–water partition coefficient (Wildman–Crippen LogP) is 2.55. The number of anilines is 1. The van der Waals surface area contributed by atoms with Crippen molar-refractivity contribution < 1.29 is 9.26 Å². The Kier molecular flexibility index (Phi) is 2.56. The summed E-state index contributed by atoms with van der Waals surface area (Å²) in [5.41, 5.74) is 8.51. The summed E-state index contributed by atoms with van der Waals surface area (Å²) in [5, 5.41) is 3.74. The Morgan fingerprint density at radius 2 is 2.06 bits per heavy atom. The maximum Gasteiger partial charge on any atom is 0.175 e. The van der Waals surface area contributed by atoms with Gasteiger partial charge in [-0.05, 0) is 26.0 Å². The van der Waals surface area contributed by atoms with Crippen LogP contribution in [0.4, 0.5) is 5.82 Å². The van der Waals surface area contributed by atoms with E-state index in [1.54, 1.807) is 7.11 Å². The van der Waals surface area contributed by atoms with Gasteiger partial charge in [-0.3, -0.25) is 0 Å². The van der Waals surface area contributed by atoms with E-state index < -0.39 is 0 Å². The summed E-state index contributed by atoms with van der Waals surface area (Å²) in [6.07, 6.45) is 0. The van der Waals surface area contributed by atoms with Gasteiger partial charge in [0.2, 0.25) is 0 Å². The van der Waals surface area contributed by atoms with Gasteiger partial charge in [0.05, 0.1) is 12.7 Å². The first-order valence-electron chi connectivity index (χ1n) is 5.00. The number of rotatable bonds is 2. The fourth-order valence-electron chi connectivity index (χ4n) is 1.60. The molecular formula is C12H14N2O2. The number of nitrogens with two attached hydrogens (primary N) is 1. The molecule has 2 aromatic rings. The second-order valence-electron chi connectivity index (χ2n) is 3.73. The van der Waals surface area contributed by atoms with Gasteiger partial charge in [0.25, 0.3) is 0 Å². The molecule has 4 nitrogen and oxygen atoms in total. The highest BCUT2D eigenvalue weighted by Gasteiger charge is 2.15. The van der Waals surface area contributed by atoms with Gasteiger partial charge in [-0.1, -0.05) is 16.8 Å². The van der Waals surface area contributed by atoms with E-state index in [1.807, 2.05) is 32.0 Å². The van der Waals surface area contributed by atoms with Gasteiger partial charge < -0.3 is 15.0 Å². The molecule has 2 rings (SSSR count). The van der Waals surface area contributed by atoms with Gasteiger partial charge in [-0.15, -0.1) is 0 Å². The van der Waals surface area contributed by atoms with Crippen LogP contribution in [0.2, 0.25) is 0 Å². The molecule has 0 saturated heterocycles. The van der Waals surface area contributed by atoms with Crippen LogP contribution in [0.1, 0.15) is 11.1 Å². The minimum atomic E-state index is 0.415. The molecule has 0 aliphatic carbocycles. The van der Waals surface area contributed by atoms with Gasteiger partial charge in [0, 0.05) is 5.56 Å². The highest BCUT2D eigenvalue weighted by atomic mass is 16.5. The highest BCUT2D eigenvalue weighted by molar-refractivity contribution is 5.72. The van der Waals surface area contributed by atoms with Crippen LogP contribution in [0.5, 0.6) is 5.75 Å². The molecule has 0 fully saturated rings. The second kappa shape index (κ2) is 3.89. The van der Waals surface area contributed by atoms with Crippen LogP contribution >= 0.6 is 0 Å². The third kappa shape index (κ3) is 1.62. The fraction of sp³-hybridized carbons (Fsp3) is 0.250. The predicted molar refractivity (Wildman–Crippen MR) is 62.4 cm³/mol. The van der Waals surface area contributed by atoms with Gasteiger partial charge >= 0.3 is 0 Å². The molecule has 0 aliphatic heterocycles. The molecule has 0 radical (unpaired) electrons. The number of methoxy groups -OCH3 is 1. The molecule has 0 bridgehead atoms. The maximum absolute atomic E-state index is 5.66. The number of nitrogens with zero attached hydrogens (tertiary/aromatic N) is 1. The summed E-state index contributed by atoms with van der Waals surface area (Å²) >= 11 is 0. The minimum Gasteiger partial charge on any atom is -0.496 e. The molecular weight excluding hydrogens is 204 g/mol. The number of hydrogen-bond donors (Lipinski definition) is 1. The lowest BCUT2D eigenvalue weighted by atomic mass is 10.1. The molecule has 0 saturated carbocycles. The van der Waals surface area contributed by atoms with Crippen LogP contribution in [0.15, 0.2) is 22.7 Å². The molecule has 2 N–H and O–H groups in total. The normalized spacial score (nSPS) is 10.4. The fourth-order valence-corrected chi connectivity index (χ4v) is 1.60. The minimum absolute atomic E-state index is 0.415. The molecule has 1 aromatic carbocycles. The number of hydrogen-bond acceptors (Lipinski definition) is 4. The molecule has 0 unspecified atom stereocenters. The van der Waals surface area contributed by atoms with Crippen molar-refractivity contribution in [2.45, 2.75) is 13.8 Å². The van der Waals surface area contributed by atoms with E-state index >= 15 is 0 Å². The van der Waals surface area contributed by atoms with E-state index in [1.165, 1.54) is 0 Å². The van der Waals surface area contributed by atoms with Crippen LogP contribution in [0.3, 0.4) is 0 Å². The first-order chi connectivity index (χ1) is 7.63. The number of benzene rings is 1. The van der Waals surface area contributed by atoms with Crippen molar-refractivity contribution in [2.24, 2.45) is 0 Å². The van der Waals surface area contributed by atoms with Crippen molar-refractivity contribution in [3.63, 3.8) is 0 Å². The van der Waals surface area contributed by atoms with E-state index in [9.17, 15) is 0 Å². The monoisotopic (exact) mass is 218 g/mol. The number of ether oxygens (including phenoxy) is 1. The molecule has 0 atom stereocenters. The van der Waals surface area contributed by atoms with E-state index in [0.29, 0.717) is 11.6 Å². The SMILES string of the molecule is COc1ccc(C)cc1-c1onc(N)c1C. The summed E-state index contributed by atoms with van der Waals surface area (Å²) in [5.74, 6) is 1.83. The number of nitrogen functional groups attached to an aromatic ring is 1. The molecule has 4 heteroatoms. The molecule has 0 amide bonds. The lowest BCUT2D eigenvalue weighted by Crippen LogP contribution is -1.90. The Balaban J connectivity index is 2.62. The molecule has 1 aromatic heterocycles. The molecule has 16 heavy (non-hydrogen) atoms. The van der Waals surface area contributed by atoms with Gasteiger partial charge in [0.15, 0.2) is 11.6 Å². The van der Waals surface area contributed by atoms with Crippen LogP contribution in [0, 0.1) is 13.8 Å². The lowest BCUT2D eigenvalue weighted by molar-refractivity contribution is 0.406. The average molecular weight is 218 g/mol. The smallest absolute Gasteiger partial charge is 0.175 e. The summed E-state index contributed by atoms with van der Waals surface area (Å²) in [6, 6.07) is 5.88. The zero-order valence-corrected chi connectivity index (χ0v) is 9.57. The second-order valence-corrected chi connectivity index (χ2v) is 3.73. The van der Waals surface area contributed by atoms with Crippen LogP contribution in [0.25, 0.3) is 11.3 Å². The highest BCUT2D eigenvalue weighted by Crippen LogP contribution is 2.34. The molecule has 84 valence electrons. The van der Waals surface area contributed by atoms with Crippen LogP contribution < -0.4 is 10.5 Å². The van der Waals surface area contributed by atoms with Gasteiger partial charge in [-0.2, -0.15) is 0 Å². The van der Waals surface area contributed by atoms with Crippen molar-refractivity contribution >= 4 is 5.82 Å².